The predicted octanol–water partition coefficient (Wildman–Crippen LogP) is 0.135. The van der Waals surface area contributed by atoms with Crippen LogP contribution in [0.2, 0.25) is 0 Å². The van der Waals surface area contributed by atoms with E-state index in [-0.39, 0.29) is 17.2 Å². The van der Waals surface area contributed by atoms with Gasteiger partial charge in [0.15, 0.2) is 11.4 Å². The number of nitrogens with two attached hydrogens (primary N) is 1. The normalized spacial score (nSPS) is 10.0. The number of H-pyrrole nitrogens is 1. The number of amides is 1. The molecule has 2 aromatic rings. The molecule has 2 rings (SSSR count). The fraction of sp³-hybridized carbons (Fsp3) is 0. The van der Waals surface area contributed by atoms with Gasteiger partial charge in [0.25, 0.3) is 5.91 Å². The van der Waals surface area contributed by atoms with Gasteiger partial charge in [0, 0.05) is 5.56 Å². The van der Waals surface area contributed by atoms with Crippen molar-refractivity contribution in [3.05, 3.63) is 47.3 Å². The highest BCUT2D eigenvalue weighted by molar-refractivity contribution is 6.12. The van der Waals surface area contributed by atoms with Gasteiger partial charge in [-0.3, -0.25) is 9.59 Å². The summed E-state index contributed by atoms with van der Waals surface area (Å²) >= 11 is 0. The number of carbonyl (C=O) groups excluding carboxylic acids is 2. The zero-order valence-corrected chi connectivity index (χ0v) is 8.18. The maximum atomic E-state index is 11.9. The van der Waals surface area contributed by atoms with Crippen molar-refractivity contribution < 1.29 is 9.59 Å². The molecule has 0 spiro atoms. The fourth-order valence-electron chi connectivity index (χ4n) is 1.29. The van der Waals surface area contributed by atoms with E-state index in [2.05, 4.69) is 15.4 Å². The molecule has 0 atom stereocenters. The smallest absolute Gasteiger partial charge is 0.271 e. The monoisotopic (exact) mass is 216 g/mol. The van der Waals surface area contributed by atoms with Crippen LogP contribution in [0.15, 0.2) is 30.3 Å². The second kappa shape index (κ2) is 3.93. The number of hydrogen-bond acceptors (Lipinski definition) is 4. The van der Waals surface area contributed by atoms with Crippen LogP contribution in [0.4, 0.5) is 0 Å². The third-order valence-electron chi connectivity index (χ3n) is 2.03. The summed E-state index contributed by atoms with van der Waals surface area (Å²) < 4.78 is 0. The number of nitrogens with zero attached hydrogens (tertiary/aromatic N) is 2. The Hall–Kier alpha value is -2.50. The molecule has 0 unspecified atom stereocenters. The Bertz CT molecular complexity index is 533. The maximum absolute atomic E-state index is 11.9. The molecule has 0 bridgehead atoms. The number of aromatic nitrogens is 3. The Morgan fingerprint density at radius 3 is 2.31 bits per heavy atom. The van der Waals surface area contributed by atoms with Crippen molar-refractivity contribution in [2.45, 2.75) is 0 Å². The van der Waals surface area contributed by atoms with Gasteiger partial charge in [-0.1, -0.05) is 30.3 Å². The summed E-state index contributed by atoms with van der Waals surface area (Å²) in [7, 11) is 0. The van der Waals surface area contributed by atoms with Crippen LogP contribution in [0.5, 0.6) is 0 Å². The molecule has 1 heterocycles. The summed E-state index contributed by atoms with van der Waals surface area (Å²) in [6.07, 6.45) is 0. The molecule has 16 heavy (non-hydrogen) atoms. The first-order valence-electron chi connectivity index (χ1n) is 4.50. The molecular weight excluding hydrogens is 208 g/mol. The molecule has 6 heteroatoms. The summed E-state index contributed by atoms with van der Waals surface area (Å²) in [5.41, 5.74) is 5.29. The van der Waals surface area contributed by atoms with Gasteiger partial charge in [-0.15, -0.1) is 0 Å². The predicted molar refractivity (Wildman–Crippen MR) is 54.8 cm³/mol. The van der Waals surface area contributed by atoms with Gasteiger partial charge in [-0.05, 0) is 0 Å². The average molecular weight is 216 g/mol. The number of primary amides is 1. The highest BCUT2D eigenvalue weighted by Crippen LogP contribution is 2.09. The summed E-state index contributed by atoms with van der Waals surface area (Å²) in [6, 6.07) is 8.48. The average Bonchev–Trinajstić information content (AvgIpc) is 2.78. The number of nitrogens with one attached hydrogen (secondary N) is 1. The standard InChI is InChI=1S/C10H8N4O2/c11-10(16)8-7(12-14-13-8)9(15)6-4-2-1-3-5-6/h1-5H,(H2,11,16)(H,12,13,14). The lowest BCUT2D eigenvalue weighted by Gasteiger charge is -1.97. The Kier molecular flexibility index (Phi) is 2.47. The van der Waals surface area contributed by atoms with Gasteiger partial charge >= 0.3 is 0 Å². The van der Waals surface area contributed by atoms with E-state index in [0.29, 0.717) is 5.56 Å². The summed E-state index contributed by atoms with van der Waals surface area (Å²) in [5, 5.41) is 9.37. The first-order valence-corrected chi connectivity index (χ1v) is 4.50. The van der Waals surface area contributed by atoms with E-state index < -0.39 is 5.91 Å². The molecule has 0 aliphatic carbocycles. The minimum atomic E-state index is -0.784. The molecule has 1 amide bonds. The lowest BCUT2D eigenvalue weighted by Crippen LogP contribution is -2.16. The number of hydrogen-bond donors (Lipinski definition) is 2. The van der Waals surface area contributed by atoms with Crippen molar-refractivity contribution in [2.75, 3.05) is 0 Å². The van der Waals surface area contributed by atoms with Crippen LogP contribution in [-0.4, -0.2) is 27.1 Å². The van der Waals surface area contributed by atoms with Crippen molar-refractivity contribution in [3.63, 3.8) is 0 Å². The van der Waals surface area contributed by atoms with Crippen LogP contribution in [-0.2, 0) is 0 Å². The number of benzene rings is 1. The van der Waals surface area contributed by atoms with E-state index in [0.717, 1.165) is 0 Å². The van der Waals surface area contributed by atoms with Crippen molar-refractivity contribution in [1.82, 2.24) is 15.4 Å². The molecule has 0 radical (unpaired) electrons. The van der Waals surface area contributed by atoms with Crippen LogP contribution in [0, 0.1) is 0 Å². The van der Waals surface area contributed by atoms with E-state index >= 15 is 0 Å². The van der Waals surface area contributed by atoms with E-state index in [1.807, 2.05) is 0 Å². The highest BCUT2D eigenvalue weighted by atomic mass is 16.1. The summed E-state index contributed by atoms with van der Waals surface area (Å²) in [4.78, 5) is 22.9. The van der Waals surface area contributed by atoms with Crippen LogP contribution < -0.4 is 5.73 Å². The number of carbonyl (C=O) groups is 2. The first-order chi connectivity index (χ1) is 7.70. The summed E-state index contributed by atoms with van der Waals surface area (Å²) in [5.74, 6) is -1.17. The van der Waals surface area contributed by atoms with Gasteiger partial charge in [-0.2, -0.15) is 15.4 Å². The molecule has 1 aromatic carbocycles. The molecule has 80 valence electrons. The van der Waals surface area contributed by atoms with Crippen molar-refractivity contribution in [1.29, 1.82) is 0 Å². The quantitative estimate of drug-likeness (QED) is 0.712. The second-order valence-electron chi connectivity index (χ2n) is 3.08. The summed E-state index contributed by atoms with van der Waals surface area (Å²) in [6.45, 7) is 0. The first kappa shape index (κ1) is 10.0. The van der Waals surface area contributed by atoms with E-state index in [4.69, 9.17) is 5.73 Å². The minimum absolute atomic E-state index is 0.0568. The van der Waals surface area contributed by atoms with Crippen molar-refractivity contribution in [3.8, 4) is 0 Å². The van der Waals surface area contributed by atoms with Crippen LogP contribution in [0.3, 0.4) is 0 Å². The Morgan fingerprint density at radius 2 is 1.69 bits per heavy atom. The van der Waals surface area contributed by atoms with Crippen LogP contribution >= 0.6 is 0 Å². The third kappa shape index (κ3) is 1.68. The zero-order valence-electron chi connectivity index (χ0n) is 8.18. The van der Waals surface area contributed by atoms with Gasteiger partial charge in [0.1, 0.15) is 0 Å². The van der Waals surface area contributed by atoms with E-state index in [1.54, 1.807) is 30.3 Å². The molecule has 3 N–H and O–H groups in total. The topological polar surface area (TPSA) is 102 Å². The number of rotatable bonds is 3. The Morgan fingerprint density at radius 1 is 1.06 bits per heavy atom. The van der Waals surface area contributed by atoms with E-state index in [9.17, 15) is 9.59 Å². The van der Waals surface area contributed by atoms with Crippen molar-refractivity contribution in [2.24, 2.45) is 5.73 Å². The minimum Gasteiger partial charge on any atom is -0.364 e. The fourth-order valence-corrected chi connectivity index (χ4v) is 1.29. The van der Waals surface area contributed by atoms with E-state index in [1.165, 1.54) is 0 Å². The molecule has 0 aliphatic heterocycles. The van der Waals surface area contributed by atoms with Gasteiger partial charge < -0.3 is 5.73 Å². The largest absolute Gasteiger partial charge is 0.364 e. The lowest BCUT2D eigenvalue weighted by molar-refractivity contribution is 0.0976. The SMILES string of the molecule is NC(=O)c1n[nH]nc1C(=O)c1ccccc1. The molecular formula is C10H8N4O2. The number of aromatic amines is 1. The molecule has 6 nitrogen and oxygen atoms in total. The third-order valence-corrected chi connectivity index (χ3v) is 2.03. The van der Waals surface area contributed by atoms with Gasteiger partial charge in [0.05, 0.1) is 0 Å². The van der Waals surface area contributed by atoms with Gasteiger partial charge in [-0.25, -0.2) is 0 Å². The zero-order chi connectivity index (χ0) is 11.5. The molecule has 0 saturated carbocycles. The Labute approximate surface area is 90.5 Å². The molecule has 0 fully saturated rings. The maximum Gasteiger partial charge on any atom is 0.271 e. The highest BCUT2D eigenvalue weighted by Gasteiger charge is 2.21. The molecule has 0 saturated heterocycles. The molecule has 1 aromatic heterocycles. The van der Waals surface area contributed by atoms with Crippen molar-refractivity contribution >= 4 is 11.7 Å². The van der Waals surface area contributed by atoms with Crippen LogP contribution in [0.1, 0.15) is 26.5 Å². The Balaban J connectivity index is 2.42. The van der Waals surface area contributed by atoms with Crippen LogP contribution in [0.25, 0.3) is 0 Å². The molecule has 0 aliphatic rings. The number of ketones is 1. The van der Waals surface area contributed by atoms with Gasteiger partial charge in [0.2, 0.25) is 5.78 Å². The lowest BCUT2D eigenvalue weighted by atomic mass is 10.1. The second-order valence-corrected chi connectivity index (χ2v) is 3.08.